The third-order valence-corrected chi connectivity index (χ3v) is 3.94. The lowest BCUT2D eigenvalue weighted by molar-refractivity contribution is -0.141. The van der Waals surface area contributed by atoms with E-state index in [1.807, 2.05) is 4.90 Å². The summed E-state index contributed by atoms with van der Waals surface area (Å²) in [6, 6.07) is 2.71. The first-order valence-corrected chi connectivity index (χ1v) is 7.13. The normalized spacial score (nSPS) is 20.9. The molecule has 0 aliphatic carbocycles. The van der Waals surface area contributed by atoms with Crippen molar-refractivity contribution in [1.29, 1.82) is 0 Å². The van der Waals surface area contributed by atoms with Crippen molar-refractivity contribution in [3.63, 3.8) is 0 Å². The van der Waals surface area contributed by atoms with E-state index in [1.165, 1.54) is 6.07 Å². The van der Waals surface area contributed by atoms with Crippen LogP contribution in [-0.2, 0) is 12.7 Å². The smallest absolute Gasteiger partial charge is 0.353 e. The summed E-state index contributed by atoms with van der Waals surface area (Å²) in [7, 11) is 0. The summed E-state index contributed by atoms with van der Waals surface area (Å²) in [6.45, 7) is 7.43. The molecule has 1 atom stereocenters. The minimum absolute atomic E-state index is 0.183. The predicted molar refractivity (Wildman–Crippen MR) is 76.1 cm³/mol. The van der Waals surface area contributed by atoms with Crippen molar-refractivity contribution in [2.24, 2.45) is 5.73 Å². The number of rotatable bonds is 3. The Morgan fingerprint density at radius 2 is 2.05 bits per heavy atom. The van der Waals surface area contributed by atoms with Gasteiger partial charge in [-0.2, -0.15) is 13.2 Å². The second kappa shape index (κ2) is 6.19. The first kappa shape index (κ1) is 16.0. The van der Waals surface area contributed by atoms with Crippen LogP contribution in [0.15, 0.2) is 12.1 Å². The van der Waals surface area contributed by atoms with Crippen LogP contribution in [0.1, 0.15) is 25.1 Å². The maximum atomic E-state index is 12.8. The molecule has 1 aliphatic heterocycles. The first-order chi connectivity index (χ1) is 9.86. The van der Waals surface area contributed by atoms with E-state index in [4.69, 9.17) is 5.73 Å². The van der Waals surface area contributed by atoms with Gasteiger partial charge in [-0.15, -0.1) is 0 Å². The van der Waals surface area contributed by atoms with Gasteiger partial charge in [0, 0.05) is 37.8 Å². The van der Waals surface area contributed by atoms with Gasteiger partial charge >= 0.3 is 6.18 Å². The summed E-state index contributed by atoms with van der Waals surface area (Å²) in [5, 5.41) is 0. The van der Waals surface area contributed by atoms with Crippen molar-refractivity contribution >= 4 is 5.82 Å². The monoisotopic (exact) mass is 302 g/mol. The maximum absolute atomic E-state index is 12.8. The quantitative estimate of drug-likeness (QED) is 0.928. The Kier molecular flexibility index (Phi) is 4.73. The van der Waals surface area contributed by atoms with Crippen molar-refractivity contribution in [2.45, 2.75) is 32.6 Å². The fourth-order valence-corrected chi connectivity index (χ4v) is 2.73. The second-order valence-corrected chi connectivity index (χ2v) is 5.30. The molecule has 2 rings (SSSR count). The van der Waals surface area contributed by atoms with Gasteiger partial charge < -0.3 is 10.6 Å². The third-order valence-electron chi connectivity index (χ3n) is 3.94. The second-order valence-electron chi connectivity index (χ2n) is 5.30. The SMILES string of the molecule is CCN1CCN(c2nc(C(F)(F)F)ccc2CN)CC1C. The maximum Gasteiger partial charge on any atom is 0.433 e. The summed E-state index contributed by atoms with van der Waals surface area (Å²) in [4.78, 5) is 8.04. The van der Waals surface area contributed by atoms with Crippen LogP contribution < -0.4 is 10.6 Å². The highest BCUT2D eigenvalue weighted by molar-refractivity contribution is 5.49. The largest absolute Gasteiger partial charge is 0.433 e. The molecule has 7 heteroatoms. The molecule has 0 amide bonds. The zero-order valence-electron chi connectivity index (χ0n) is 12.3. The van der Waals surface area contributed by atoms with Crippen LogP contribution >= 0.6 is 0 Å². The number of anilines is 1. The number of halogens is 3. The number of nitrogens with zero attached hydrogens (tertiary/aromatic N) is 3. The van der Waals surface area contributed by atoms with Crippen molar-refractivity contribution in [3.05, 3.63) is 23.4 Å². The molecule has 0 aromatic carbocycles. The molecule has 1 unspecified atom stereocenters. The van der Waals surface area contributed by atoms with Crippen molar-refractivity contribution in [1.82, 2.24) is 9.88 Å². The zero-order chi connectivity index (χ0) is 15.6. The number of piperazine rings is 1. The highest BCUT2D eigenvalue weighted by atomic mass is 19.4. The van der Waals surface area contributed by atoms with Crippen LogP contribution in [0.5, 0.6) is 0 Å². The molecule has 21 heavy (non-hydrogen) atoms. The fourth-order valence-electron chi connectivity index (χ4n) is 2.73. The van der Waals surface area contributed by atoms with Gasteiger partial charge in [0.05, 0.1) is 0 Å². The predicted octanol–water partition coefficient (Wildman–Crippen LogP) is 2.09. The number of likely N-dealkylation sites (N-methyl/N-ethyl adjacent to an activating group) is 1. The van der Waals surface area contributed by atoms with E-state index < -0.39 is 11.9 Å². The van der Waals surface area contributed by atoms with E-state index in [0.29, 0.717) is 24.5 Å². The zero-order valence-corrected chi connectivity index (χ0v) is 12.3. The van der Waals surface area contributed by atoms with Crippen LogP contribution in [-0.4, -0.2) is 42.1 Å². The molecule has 1 aromatic heterocycles. The van der Waals surface area contributed by atoms with Crippen LogP contribution in [0, 0.1) is 0 Å². The Balaban J connectivity index is 2.29. The molecule has 2 N–H and O–H groups in total. The molecule has 1 aromatic rings. The van der Waals surface area contributed by atoms with E-state index >= 15 is 0 Å². The highest BCUT2D eigenvalue weighted by Crippen LogP contribution is 2.31. The number of hydrogen-bond acceptors (Lipinski definition) is 4. The van der Waals surface area contributed by atoms with Crippen molar-refractivity contribution in [2.75, 3.05) is 31.1 Å². The minimum Gasteiger partial charge on any atom is -0.353 e. The molecule has 4 nitrogen and oxygen atoms in total. The lowest BCUT2D eigenvalue weighted by Gasteiger charge is -2.40. The third kappa shape index (κ3) is 3.47. The van der Waals surface area contributed by atoms with Crippen LogP contribution in [0.2, 0.25) is 0 Å². The van der Waals surface area contributed by atoms with E-state index in [1.54, 1.807) is 0 Å². The Labute approximate surface area is 122 Å². The Morgan fingerprint density at radius 3 is 2.57 bits per heavy atom. The number of nitrogens with two attached hydrogens (primary N) is 1. The van der Waals surface area contributed by atoms with Crippen LogP contribution in [0.3, 0.4) is 0 Å². The Bertz CT molecular complexity index is 490. The molecule has 1 aliphatic rings. The van der Waals surface area contributed by atoms with Crippen molar-refractivity contribution in [3.8, 4) is 0 Å². The standard InChI is InChI=1S/C14H21F3N4/c1-3-20-6-7-21(9-10(20)2)13-11(8-18)4-5-12(19-13)14(15,16)17/h4-5,10H,3,6-9,18H2,1-2H3. The van der Waals surface area contributed by atoms with Crippen LogP contribution in [0.4, 0.5) is 19.0 Å². The molecule has 1 saturated heterocycles. The summed E-state index contributed by atoms with van der Waals surface area (Å²) in [5.41, 5.74) is 5.44. The van der Waals surface area contributed by atoms with Gasteiger partial charge in [-0.05, 0) is 19.5 Å². The number of aromatic nitrogens is 1. The lowest BCUT2D eigenvalue weighted by atomic mass is 10.1. The molecule has 2 heterocycles. The fraction of sp³-hybridized carbons (Fsp3) is 0.643. The van der Waals surface area contributed by atoms with Crippen LogP contribution in [0.25, 0.3) is 0 Å². The molecule has 0 spiro atoms. The van der Waals surface area contributed by atoms with Gasteiger partial charge in [0.1, 0.15) is 11.5 Å². The van der Waals surface area contributed by atoms with Crippen molar-refractivity contribution < 1.29 is 13.2 Å². The van der Waals surface area contributed by atoms with Gasteiger partial charge in [0.25, 0.3) is 0 Å². The number of hydrogen-bond donors (Lipinski definition) is 1. The summed E-state index contributed by atoms with van der Waals surface area (Å²) in [5.74, 6) is 0.370. The molecular weight excluding hydrogens is 281 g/mol. The average Bonchev–Trinajstić information content (AvgIpc) is 2.45. The van der Waals surface area contributed by atoms with Gasteiger partial charge in [-0.25, -0.2) is 4.98 Å². The molecule has 0 bridgehead atoms. The Morgan fingerprint density at radius 1 is 1.33 bits per heavy atom. The average molecular weight is 302 g/mol. The Hall–Kier alpha value is -1.34. The molecule has 118 valence electrons. The first-order valence-electron chi connectivity index (χ1n) is 7.13. The molecule has 1 fully saturated rings. The van der Waals surface area contributed by atoms with E-state index in [9.17, 15) is 13.2 Å². The van der Waals surface area contributed by atoms with Gasteiger partial charge in [-0.1, -0.05) is 13.0 Å². The minimum atomic E-state index is -4.43. The van der Waals surface area contributed by atoms with E-state index in [-0.39, 0.29) is 12.6 Å². The van der Waals surface area contributed by atoms with E-state index in [2.05, 4.69) is 23.7 Å². The molecule has 0 radical (unpaired) electrons. The summed E-state index contributed by atoms with van der Waals surface area (Å²) >= 11 is 0. The number of pyridine rings is 1. The molecular formula is C14H21F3N4. The highest BCUT2D eigenvalue weighted by Gasteiger charge is 2.34. The van der Waals surface area contributed by atoms with Gasteiger partial charge in [0.15, 0.2) is 0 Å². The summed E-state index contributed by atoms with van der Waals surface area (Å²) < 4.78 is 38.5. The number of alkyl halides is 3. The van der Waals surface area contributed by atoms with Gasteiger partial charge in [0.2, 0.25) is 0 Å². The van der Waals surface area contributed by atoms with Gasteiger partial charge in [-0.3, -0.25) is 4.90 Å². The molecule has 0 saturated carbocycles. The summed E-state index contributed by atoms with van der Waals surface area (Å²) in [6.07, 6.45) is -4.43. The van der Waals surface area contributed by atoms with E-state index in [0.717, 1.165) is 19.2 Å². The topological polar surface area (TPSA) is 45.4 Å². The lowest BCUT2D eigenvalue weighted by Crippen LogP contribution is -2.52.